The highest BCUT2D eigenvalue weighted by atomic mass is 16.5. The maximum Gasteiger partial charge on any atom is 0.150 e. The number of aldehydes is 1. The van der Waals surface area contributed by atoms with E-state index >= 15 is 0 Å². The lowest BCUT2D eigenvalue weighted by atomic mass is 10.2. The first-order valence-corrected chi connectivity index (χ1v) is 2.52. The number of methoxy groups -OCH3 is 1. The zero-order valence-electron chi connectivity index (χ0n) is 10.1. The minimum Gasteiger partial charge on any atom is -0.497 e. The van der Waals surface area contributed by atoms with E-state index in [2.05, 4.69) is 4.74 Å². The fraction of sp³-hybridized carbons (Fsp3) is 0.125. The molecule has 0 bridgehead atoms. The summed E-state index contributed by atoms with van der Waals surface area (Å²) < 4.78 is 41.1. The quantitative estimate of drug-likeness (QED) is 0.583. The minimum atomic E-state index is -0.503. The molecule has 0 spiro atoms. The third kappa shape index (κ3) is 1.35. The summed E-state index contributed by atoms with van der Waals surface area (Å²) in [4.78, 5) is 10.5. The van der Waals surface area contributed by atoms with Crippen LogP contribution >= 0.6 is 0 Å². The third-order valence-corrected chi connectivity index (χ3v) is 0.884. The lowest BCUT2D eigenvalue weighted by Gasteiger charge is -1.96. The van der Waals surface area contributed by atoms with Gasteiger partial charge in [0.05, 0.1) is 13.9 Å². The summed E-state index contributed by atoms with van der Waals surface area (Å²) in [5.74, 6) is -0.300. The summed E-state index contributed by atoms with van der Waals surface area (Å²) in [6.07, 6.45) is 0.269. The number of hydrogen-bond donors (Lipinski definition) is 0. The number of rotatable bonds is 2. The van der Waals surface area contributed by atoms with Crippen molar-refractivity contribution in [1.82, 2.24) is 0 Å². The monoisotopic (exact) mass is 141 g/mol. The highest BCUT2D eigenvalue weighted by Crippen LogP contribution is 2.09. The Balaban J connectivity index is 3.51. The molecule has 2 heteroatoms. The van der Waals surface area contributed by atoms with Crippen molar-refractivity contribution in [2.75, 3.05) is 7.09 Å². The molecule has 0 saturated carbocycles. The van der Waals surface area contributed by atoms with Crippen molar-refractivity contribution in [1.29, 1.82) is 0 Å². The second-order valence-electron chi connectivity index (χ2n) is 1.50. The Morgan fingerprint density at radius 1 is 1.60 bits per heavy atom. The summed E-state index contributed by atoms with van der Waals surface area (Å²) in [5, 5.41) is 0. The highest BCUT2D eigenvalue weighted by Gasteiger charge is 1.89. The van der Waals surface area contributed by atoms with E-state index in [1.54, 1.807) is 0 Å². The molecule has 0 fully saturated rings. The average molecular weight is 141 g/mol. The van der Waals surface area contributed by atoms with Gasteiger partial charge in [-0.05, 0) is 24.2 Å². The molecule has 0 saturated heterocycles. The second-order valence-corrected chi connectivity index (χ2v) is 1.50. The molecule has 0 atom stereocenters. The Labute approximate surface area is 66.5 Å². The van der Waals surface area contributed by atoms with Crippen LogP contribution in [0.2, 0.25) is 0 Å². The maximum atomic E-state index is 10.5. The third-order valence-electron chi connectivity index (χ3n) is 0.884. The topological polar surface area (TPSA) is 26.3 Å². The van der Waals surface area contributed by atoms with Gasteiger partial charge in [0.1, 0.15) is 12.0 Å². The number of ether oxygens (including phenoxy) is 1. The number of carbonyl (C=O) groups excluding carboxylic acids is 1. The zero-order valence-corrected chi connectivity index (χ0v) is 5.10. The molecule has 0 aliphatic carbocycles. The van der Waals surface area contributed by atoms with Gasteiger partial charge in [-0.1, -0.05) is 0 Å². The molecule has 10 heavy (non-hydrogen) atoms. The standard InChI is InChI=1S/C8H8O2/c1-10-8-4-2-7(6-9)3-5-8/h2-6H,1H3/i1D,2D,3D,4D,5D. The van der Waals surface area contributed by atoms with E-state index in [-0.39, 0.29) is 17.6 Å². The number of hydrogen-bond acceptors (Lipinski definition) is 2. The molecule has 52 valence electrons. The normalized spacial score (nSPS) is 15.8. The molecule has 1 rings (SSSR count). The van der Waals surface area contributed by atoms with Crippen molar-refractivity contribution in [2.24, 2.45) is 0 Å². The van der Waals surface area contributed by atoms with Crippen molar-refractivity contribution in [3.05, 3.63) is 29.7 Å². The molecule has 2 nitrogen and oxygen atoms in total. The summed E-state index contributed by atoms with van der Waals surface area (Å²) in [5.41, 5.74) is -0.303. The first-order chi connectivity index (χ1) is 7.04. The van der Waals surface area contributed by atoms with Crippen LogP contribution in [0.5, 0.6) is 5.75 Å². The SMILES string of the molecule is [2H]COc1c([2H])c([2H])c(C=O)c([2H])c1[2H]. The molecule has 0 aliphatic heterocycles. The fourth-order valence-corrected chi connectivity index (χ4v) is 0.442. The van der Waals surface area contributed by atoms with Gasteiger partial charge in [-0.2, -0.15) is 0 Å². The van der Waals surface area contributed by atoms with E-state index in [0.717, 1.165) is 0 Å². The molecule has 1 aromatic carbocycles. The van der Waals surface area contributed by atoms with Gasteiger partial charge in [-0.3, -0.25) is 4.79 Å². The molecule has 0 amide bonds. The van der Waals surface area contributed by atoms with Crippen LogP contribution in [0.3, 0.4) is 0 Å². The predicted molar refractivity (Wildman–Crippen MR) is 38.4 cm³/mol. The first kappa shape index (κ1) is 2.74. The molecule has 0 N–H and O–H groups in total. The summed E-state index contributed by atoms with van der Waals surface area (Å²) in [6.45, 7) is 0. The Kier molecular flexibility index (Phi) is 0.826. The van der Waals surface area contributed by atoms with E-state index in [4.69, 9.17) is 6.85 Å². The minimum absolute atomic E-state index is 0.269. The van der Waals surface area contributed by atoms with Crippen LogP contribution in [0.15, 0.2) is 24.2 Å². The van der Waals surface area contributed by atoms with Gasteiger partial charge in [-0.25, -0.2) is 0 Å². The van der Waals surface area contributed by atoms with Crippen LogP contribution in [0.4, 0.5) is 0 Å². The molecule has 0 unspecified atom stereocenters. The Morgan fingerprint density at radius 2 is 2.30 bits per heavy atom. The zero-order chi connectivity index (χ0) is 11.6. The van der Waals surface area contributed by atoms with E-state index in [9.17, 15) is 4.79 Å². The average Bonchev–Trinajstić information content (AvgIpc) is 2.23. The van der Waals surface area contributed by atoms with Gasteiger partial charge < -0.3 is 4.74 Å². The molecule has 0 heterocycles. The van der Waals surface area contributed by atoms with Gasteiger partial charge in [0.25, 0.3) is 0 Å². The molecular formula is C8H8O2. The van der Waals surface area contributed by atoms with Crippen molar-refractivity contribution in [2.45, 2.75) is 0 Å². The first-order valence-electron chi connectivity index (χ1n) is 5.22. The van der Waals surface area contributed by atoms with E-state index < -0.39 is 31.3 Å². The fourth-order valence-electron chi connectivity index (χ4n) is 0.442. The number of benzene rings is 1. The lowest BCUT2D eigenvalue weighted by Crippen LogP contribution is -1.82. The van der Waals surface area contributed by atoms with E-state index in [0.29, 0.717) is 0 Å². The van der Waals surface area contributed by atoms with Crippen molar-refractivity contribution < 1.29 is 16.4 Å². The Bertz CT molecular complexity index is 376. The molecule has 1 aromatic rings. The maximum absolute atomic E-state index is 10.5. The van der Waals surface area contributed by atoms with Crippen molar-refractivity contribution >= 4 is 6.29 Å². The Morgan fingerprint density at radius 3 is 2.80 bits per heavy atom. The molecule has 0 aliphatic rings. The van der Waals surface area contributed by atoms with Gasteiger partial charge in [-0.15, -0.1) is 0 Å². The molecular weight excluding hydrogens is 128 g/mol. The summed E-state index contributed by atoms with van der Waals surface area (Å²) in [7, 11) is -0.503. The molecule has 0 aromatic heterocycles. The number of carbonyl (C=O) groups is 1. The van der Waals surface area contributed by atoms with Crippen LogP contribution in [-0.2, 0) is 0 Å². The van der Waals surface area contributed by atoms with Crippen LogP contribution in [0.1, 0.15) is 17.2 Å². The van der Waals surface area contributed by atoms with E-state index in [1.165, 1.54) is 0 Å². The van der Waals surface area contributed by atoms with Crippen molar-refractivity contribution in [3.63, 3.8) is 0 Å². The summed E-state index contributed by atoms with van der Waals surface area (Å²) >= 11 is 0. The Hall–Kier alpha value is -1.31. The van der Waals surface area contributed by atoms with Gasteiger partial charge in [0.15, 0.2) is 0 Å². The van der Waals surface area contributed by atoms with Gasteiger partial charge >= 0.3 is 0 Å². The smallest absolute Gasteiger partial charge is 0.150 e. The summed E-state index contributed by atoms with van der Waals surface area (Å²) in [6, 6.07) is -1.78. The van der Waals surface area contributed by atoms with Crippen LogP contribution in [-0.4, -0.2) is 13.4 Å². The van der Waals surface area contributed by atoms with Crippen molar-refractivity contribution in [3.8, 4) is 5.75 Å². The van der Waals surface area contributed by atoms with Crippen LogP contribution in [0.25, 0.3) is 0 Å². The largest absolute Gasteiger partial charge is 0.497 e. The van der Waals surface area contributed by atoms with E-state index in [1.807, 2.05) is 0 Å². The second kappa shape index (κ2) is 3.01. The van der Waals surface area contributed by atoms with Gasteiger partial charge in [0.2, 0.25) is 0 Å². The highest BCUT2D eigenvalue weighted by molar-refractivity contribution is 5.74. The predicted octanol–water partition coefficient (Wildman–Crippen LogP) is 1.51. The lowest BCUT2D eigenvalue weighted by molar-refractivity contribution is 0.112. The van der Waals surface area contributed by atoms with Gasteiger partial charge in [0, 0.05) is 5.56 Å². The van der Waals surface area contributed by atoms with Crippen LogP contribution < -0.4 is 4.74 Å². The van der Waals surface area contributed by atoms with Crippen LogP contribution in [0, 0.1) is 0 Å². The molecule has 0 radical (unpaired) electrons.